The Morgan fingerprint density at radius 3 is 2.32 bits per heavy atom. The van der Waals surface area contributed by atoms with Gasteiger partial charge in [0, 0.05) is 32.5 Å². The van der Waals surface area contributed by atoms with Crippen molar-refractivity contribution in [2.75, 3.05) is 14.1 Å². The number of carbonyl (C=O) groups excluding carboxylic acids is 2. The first-order valence-electron chi connectivity index (χ1n) is 5.62. The third kappa shape index (κ3) is 4.39. The molecule has 0 saturated carbocycles. The summed E-state index contributed by atoms with van der Waals surface area (Å²) in [6.07, 6.45) is -4.59. The van der Waals surface area contributed by atoms with E-state index < -0.39 is 17.5 Å². The maximum Gasteiger partial charge on any atom is 0.416 e. The predicted octanol–water partition coefficient (Wildman–Crippen LogP) is 2.76. The minimum Gasteiger partial charge on any atom is -0.349 e. The highest BCUT2D eigenvalue weighted by atomic mass is 19.4. The van der Waals surface area contributed by atoms with Crippen molar-refractivity contribution in [1.29, 1.82) is 0 Å². The average Bonchev–Trinajstić information content (AvgIpc) is 2.34. The lowest BCUT2D eigenvalue weighted by molar-refractivity contribution is -0.137. The van der Waals surface area contributed by atoms with Crippen LogP contribution in [0.4, 0.5) is 13.2 Å². The topological polar surface area (TPSA) is 37.4 Å². The van der Waals surface area contributed by atoms with Crippen molar-refractivity contribution in [2.24, 2.45) is 0 Å². The van der Waals surface area contributed by atoms with Crippen molar-refractivity contribution in [3.8, 4) is 0 Å². The molecule has 0 atom stereocenters. The molecular weight excluding hydrogens is 259 g/mol. The van der Waals surface area contributed by atoms with E-state index in [9.17, 15) is 22.8 Å². The van der Waals surface area contributed by atoms with Gasteiger partial charge in [-0.2, -0.15) is 13.2 Å². The van der Waals surface area contributed by atoms with Crippen LogP contribution < -0.4 is 0 Å². The van der Waals surface area contributed by atoms with Gasteiger partial charge < -0.3 is 4.90 Å². The number of alkyl halides is 3. The SMILES string of the molecule is CN(C)C(=O)CCC(=O)c1cccc(C(F)(F)F)c1. The molecule has 0 fully saturated rings. The molecule has 0 unspecified atom stereocenters. The van der Waals surface area contributed by atoms with Crippen LogP contribution in [0.2, 0.25) is 0 Å². The molecule has 0 saturated heterocycles. The van der Waals surface area contributed by atoms with Crippen LogP contribution in [0.5, 0.6) is 0 Å². The molecule has 0 aromatic heterocycles. The Kier molecular flexibility index (Phi) is 4.69. The van der Waals surface area contributed by atoms with Crippen molar-refractivity contribution in [3.05, 3.63) is 35.4 Å². The summed E-state index contributed by atoms with van der Waals surface area (Å²) in [6, 6.07) is 4.21. The smallest absolute Gasteiger partial charge is 0.349 e. The first kappa shape index (κ1) is 15.2. The number of benzene rings is 1. The highest BCUT2D eigenvalue weighted by molar-refractivity contribution is 5.98. The lowest BCUT2D eigenvalue weighted by Gasteiger charge is -2.10. The fourth-order valence-electron chi connectivity index (χ4n) is 1.46. The van der Waals surface area contributed by atoms with Gasteiger partial charge in [-0.05, 0) is 12.1 Å². The minimum atomic E-state index is -4.48. The zero-order valence-electron chi connectivity index (χ0n) is 10.6. The zero-order valence-corrected chi connectivity index (χ0v) is 10.6. The van der Waals surface area contributed by atoms with Crippen LogP contribution in [0.3, 0.4) is 0 Å². The highest BCUT2D eigenvalue weighted by Crippen LogP contribution is 2.29. The van der Waals surface area contributed by atoms with Crippen LogP contribution in [-0.4, -0.2) is 30.7 Å². The maximum absolute atomic E-state index is 12.5. The van der Waals surface area contributed by atoms with Gasteiger partial charge in [-0.15, -0.1) is 0 Å². The predicted molar refractivity (Wildman–Crippen MR) is 63.7 cm³/mol. The largest absolute Gasteiger partial charge is 0.416 e. The average molecular weight is 273 g/mol. The summed E-state index contributed by atoms with van der Waals surface area (Å²) >= 11 is 0. The molecule has 0 spiro atoms. The van der Waals surface area contributed by atoms with Gasteiger partial charge in [0.2, 0.25) is 5.91 Å². The van der Waals surface area contributed by atoms with Gasteiger partial charge in [0.15, 0.2) is 5.78 Å². The van der Waals surface area contributed by atoms with E-state index >= 15 is 0 Å². The number of ketones is 1. The van der Waals surface area contributed by atoms with Crippen molar-refractivity contribution in [1.82, 2.24) is 4.90 Å². The number of hydrogen-bond acceptors (Lipinski definition) is 2. The van der Waals surface area contributed by atoms with Crippen LogP contribution in [0.15, 0.2) is 24.3 Å². The number of halogens is 3. The number of carbonyl (C=O) groups is 2. The quantitative estimate of drug-likeness (QED) is 0.791. The molecule has 0 aliphatic heterocycles. The van der Waals surface area contributed by atoms with Gasteiger partial charge in [0.25, 0.3) is 0 Å². The van der Waals surface area contributed by atoms with Gasteiger partial charge in [-0.25, -0.2) is 0 Å². The molecule has 1 rings (SSSR count). The first-order chi connectivity index (χ1) is 8.71. The fourth-order valence-corrected chi connectivity index (χ4v) is 1.46. The summed E-state index contributed by atoms with van der Waals surface area (Å²) in [5.74, 6) is -0.707. The number of hydrogen-bond donors (Lipinski definition) is 0. The normalized spacial score (nSPS) is 11.2. The molecule has 6 heteroatoms. The Labute approximate surface area is 109 Å². The molecule has 1 aromatic carbocycles. The molecule has 3 nitrogen and oxygen atoms in total. The Balaban J connectivity index is 2.76. The Hall–Kier alpha value is -1.85. The standard InChI is InChI=1S/C13H14F3NO2/c1-17(2)12(19)7-6-11(18)9-4-3-5-10(8-9)13(14,15)16/h3-5,8H,6-7H2,1-2H3. The second kappa shape index (κ2) is 5.86. The zero-order chi connectivity index (χ0) is 14.6. The van der Waals surface area contributed by atoms with Gasteiger partial charge in [0.1, 0.15) is 0 Å². The van der Waals surface area contributed by atoms with E-state index in [4.69, 9.17) is 0 Å². The Bertz CT molecular complexity index is 481. The molecular formula is C13H14F3NO2. The number of rotatable bonds is 4. The highest BCUT2D eigenvalue weighted by Gasteiger charge is 2.30. The van der Waals surface area contributed by atoms with Crippen LogP contribution in [0, 0.1) is 0 Å². The van der Waals surface area contributed by atoms with Crippen LogP contribution in [0.1, 0.15) is 28.8 Å². The third-order valence-electron chi connectivity index (χ3n) is 2.58. The van der Waals surface area contributed by atoms with Crippen molar-refractivity contribution in [2.45, 2.75) is 19.0 Å². The Morgan fingerprint density at radius 2 is 1.79 bits per heavy atom. The molecule has 0 aliphatic rings. The van der Waals surface area contributed by atoms with E-state index in [1.54, 1.807) is 14.1 Å². The number of amides is 1. The third-order valence-corrected chi connectivity index (χ3v) is 2.58. The molecule has 104 valence electrons. The van der Waals surface area contributed by atoms with Crippen molar-refractivity contribution < 1.29 is 22.8 Å². The molecule has 1 aromatic rings. The Morgan fingerprint density at radius 1 is 1.16 bits per heavy atom. The summed E-state index contributed by atoms with van der Waals surface area (Å²) in [6.45, 7) is 0. The monoisotopic (exact) mass is 273 g/mol. The van der Waals surface area contributed by atoms with E-state index in [1.807, 2.05) is 0 Å². The van der Waals surface area contributed by atoms with E-state index in [2.05, 4.69) is 0 Å². The van der Waals surface area contributed by atoms with Crippen molar-refractivity contribution >= 4 is 11.7 Å². The molecule has 0 N–H and O–H groups in total. The summed E-state index contributed by atoms with van der Waals surface area (Å²) in [7, 11) is 3.11. The number of nitrogens with zero attached hydrogens (tertiary/aromatic N) is 1. The second-order valence-electron chi connectivity index (χ2n) is 4.29. The van der Waals surface area contributed by atoms with Gasteiger partial charge in [0.05, 0.1) is 5.56 Å². The van der Waals surface area contributed by atoms with E-state index in [-0.39, 0.29) is 24.3 Å². The maximum atomic E-state index is 12.5. The van der Waals surface area contributed by atoms with Gasteiger partial charge >= 0.3 is 6.18 Å². The van der Waals surface area contributed by atoms with E-state index in [1.165, 1.54) is 17.0 Å². The summed E-state index contributed by atoms with van der Waals surface area (Å²) < 4.78 is 37.4. The molecule has 0 aliphatic carbocycles. The summed E-state index contributed by atoms with van der Waals surface area (Å²) in [5.41, 5.74) is -0.890. The fraction of sp³-hybridized carbons (Fsp3) is 0.385. The molecule has 0 bridgehead atoms. The molecule has 0 radical (unpaired) electrons. The first-order valence-corrected chi connectivity index (χ1v) is 5.62. The van der Waals surface area contributed by atoms with Gasteiger partial charge in [-0.1, -0.05) is 12.1 Å². The lowest BCUT2D eigenvalue weighted by Crippen LogP contribution is -2.22. The summed E-state index contributed by atoms with van der Waals surface area (Å²) in [5, 5.41) is 0. The van der Waals surface area contributed by atoms with E-state index in [0.717, 1.165) is 12.1 Å². The van der Waals surface area contributed by atoms with Gasteiger partial charge in [-0.3, -0.25) is 9.59 Å². The lowest BCUT2D eigenvalue weighted by atomic mass is 10.0. The van der Waals surface area contributed by atoms with Crippen molar-refractivity contribution in [3.63, 3.8) is 0 Å². The second-order valence-corrected chi connectivity index (χ2v) is 4.29. The number of Topliss-reactive ketones (excluding diaryl/α,β-unsaturated/α-hetero) is 1. The van der Waals surface area contributed by atoms with E-state index in [0.29, 0.717) is 0 Å². The van der Waals surface area contributed by atoms with Crippen LogP contribution in [-0.2, 0) is 11.0 Å². The van der Waals surface area contributed by atoms with Crippen LogP contribution in [0.25, 0.3) is 0 Å². The molecule has 1 amide bonds. The summed E-state index contributed by atoms with van der Waals surface area (Å²) in [4.78, 5) is 24.3. The minimum absolute atomic E-state index is 0.0118. The molecule has 0 heterocycles. The molecule has 19 heavy (non-hydrogen) atoms. The van der Waals surface area contributed by atoms with Crippen LogP contribution >= 0.6 is 0 Å².